The highest BCUT2D eigenvalue weighted by Crippen LogP contribution is 2.14. The molecular formula is C8H18N4O5S2. The van der Waals surface area contributed by atoms with E-state index in [1.165, 1.54) is 4.31 Å². The highest BCUT2D eigenvalue weighted by atomic mass is 32.2. The van der Waals surface area contributed by atoms with E-state index in [0.717, 1.165) is 0 Å². The van der Waals surface area contributed by atoms with Crippen molar-refractivity contribution in [2.45, 2.75) is 0 Å². The van der Waals surface area contributed by atoms with Crippen LogP contribution >= 0.6 is 0 Å². The minimum absolute atomic E-state index is 0.201. The number of rotatable bonds is 0. The Labute approximate surface area is 113 Å². The highest BCUT2D eigenvalue weighted by molar-refractivity contribution is 7.89. The van der Waals surface area contributed by atoms with Crippen molar-refractivity contribution in [3.63, 3.8) is 0 Å². The predicted octanol–water partition coefficient (Wildman–Crippen LogP) is -2.70. The van der Waals surface area contributed by atoms with E-state index in [2.05, 4.69) is 10.0 Å². The summed E-state index contributed by atoms with van der Waals surface area (Å²) in [5.41, 5.74) is 0. The first-order valence-corrected chi connectivity index (χ1v) is 9.11. The van der Waals surface area contributed by atoms with E-state index >= 15 is 0 Å². The summed E-state index contributed by atoms with van der Waals surface area (Å²) in [5.74, 6) is 0.434. The summed E-state index contributed by atoms with van der Waals surface area (Å²) >= 11 is 0. The van der Waals surface area contributed by atoms with Crippen molar-refractivity contribution in [3.8, 4) is 0 Å². The third kappa shape index (κ3) is 4.34. The number of ether oxygens (including phenoxy) is 1. The van der Waals surface area contributed by atoms with Crippen molar-refractivity contribution in [1.29, 1.82) is 0 Å². The SMILES string of the molecule is O=S1(=O)CCN2COCN1C2.O=S1(=O)CCNCN1. The Kier molecular flexibility index (Phi) is 4.76. The summed E-state index contributed by atoms with van der Waals surface area (Å²) in [5, 5.41) is 2.85. The summed E-state index contributed by atoms with van der Waals surface area (Å²) in [6.45, 7) is 2.82. The number of fused-ring (bicyclic) bond motifs is 2. The Morgan fingerprint density at radius 3 is 2.37 bits per heavy atom. The van der Waals surface area contributed by atoms with E-state index in [9.17, 15) is 16.8 Å². The van der Waals surface area contributed by atoms with Crippen LogP contribution in [-0.4, -0.2) is 77.4 Å². The monoisotopic (exact) mass is 314 g/mol. The molecule has 2 atom stereocenters. The maximum Gasteiger partial charge on any atom is 0.218 e. The molecule has 2 N–H and O–H groups in total. The second-order valence-corrected chi connectivity index (χ2v) is 8.42. The zero-order valence-corrected chi connectivity index (χ0v) is 12.0. The summed E-state index contributed by atoms with van der Waals surface area (Å²) in [6.07, 6.45) is 0. The first-order chi connectivity index (χ1) is 8.89. The molecule has 3 aliphatic rings. The Hall–Kier alpha value is -0.300. The maximum atomic E-state index is 11.2. The lowest BCUT2D eigenvalue weighted by Crippen LogP contribution is -2.55. The third-order valence-electron chi connectivity index (χ3n) is 2.89. The molecule has 11 heteroatoms. The Morgan fingerprint density at radius 2 is 1.84 bits per heavy atom. The van der Waals surface area contributed by atoms with Crippen LogP contribution in [0.5, 0.6) is 0 Å². The van der Waals surface area contributed by atoms with E-state index in [-0.39, 0.29) is 18.2 Å². The van der Waals surface area contributed by atoms with E-state index < -0.39 is 20.0 Å². The van der Waals surface area contributed by atoms with Gasteiger partial charge in [-0.1, -0.05) is 0 Å². The van der Waals surface area contributed by atoms with Crippen LogP contribution in [0.1, 0.15) is 0 Å². The van der Waals surface area contributed by atoms with Gasteiger partial charge < -0.3 is 10.1 Å². The van der Waals surface area contributed by atoms with Crippen LogP contribution in [0, 0.1) is 0 Å². The van der Waals surface area contributed by atoms with Gasteiger partial charge >= 0.3 is 0 Å². The van der Waals surface area contributed by atoms with Gasteiger partial charge in [-0.05, 0) is 0 Å². The smallest absolute Gasteiger partial charge is 0.218 e. The molecule has 0 saturated carbocycles. The van der Waals surface area contributed by atoms with Crippen LogP contribution < -0.4 is 10.0 Å². The van der Waals surface area contributed by atoms with Crippen molar-refractivity contribution in [2.75, 3.05) is 51.4 Å². The Morgan fingerprint density at radius 1 is 1.05 bits per heavy atom. The second-order valence-electron chi connectivity index (χ2n) is 4.41. The largest absolute Gasteiger partial charge is 0.350 e. The van der Waals surface area contributed by atoms with Crippen molar-refractivity contribution in [2.24, 2.45) is 0 Å². The maximum absolute atomic E-state index is 11.2. The highest BCUT2D eigenvalue weighted by Gasteiger charge is 2.33. The predicted molar refractivity (Wildman–Crippen MR) is 67.8 cm³/mol. The van der Waals surface area contributed by atoms with Crippen LogP contribution in [-0.2, 0) is 24.8 Å². The first kappa shape index (κ1) is 15.1. The molecule has 3 aliphatic heterocycles. The summed E-state index contributed by atoms with van der Waals surface area (Å²) in [7, 11) is -5.88. The molecule has 112 valence electrons. The van der Waals surface area contributed by atoms with Crippen LogP contribution in [0.15, 0.2) is 0 Å². The molecule has 2 bridgehead atoms. The molecule has 2 unspecified atom stereocenters. The molecule has 3 saturated heterocycles. The van der Waals surface area contributed by atoms with Crippen molar-refractivity contribution >= 4 is 20.0 Å². The first-order valence-electron chi connectivity index (χ1n) is 5.85. The van der Waals surface area contributed by atoms with E-state index in [1.54, 1.807) is 0 Å². The van der Waals surface area contributed by atoms with Crippen LogP contribution in [0.4, 0.5) is 0 Å². The average Bonchev–Trinajstić information content (AvgIpc) is 2.36. The fraction of sp³-hybridized carbons (Fsp3) is 1.00. The van der Waals surface area contributed by atoms with Crippen LogP contribution in [0.3, 0.4) is 0 Å². The summed E-state index contributed by atoms with van der Waals surface area (Å²) in [4.78, 5) is 1.96. The Balaban J connectivity index is 0.000000148. The molecule has 0 radical (unpaired) electrons. The van der Waals surface area contributed by atoms with Gasteiger partial charge in [0.15, 0.2) is 0 Å². The van der Waals surface area contributed by atoms with Crippen molar-refractivity contribution in [3.05, 3.63) is 0 Å². The zero-order valence-electron chi connectivity index (χ0n) is 10.4. The quantitative estimate of drug-likeness (QED) is 0.501. The molecule has 0 spiro atoms. The average molecular weight is 314 g/mol. The molecule has 0 aliphatic carbocycles. The van der Waals surface area contributed by atoms with E-state index in [1.807, 2.05) is 4.90 Å². The molecule has 3 fully saturated rings. The third-order valence-corrected chi connectivity index (χ3v) is 5.92. The van der Waals surface area contributed by atoms with Gasteiger partial charge in [0.25, 0.3) is 0 Å². The van der Waals surface area contributed by atoms with Gasteiger partial charge in [0.05, 0.1) is 24.8 Å². The molecule has 9 nitrogen and oxygen atoms in total. The normalized spacial score (nSPS) is 35.8. The molecule has 3 heterocycles. The lowest BCUT2D eigenvalue weighted by atomic mass is 10.6. The van der Waals surface area contributed by atoms with Gasteiger partial charge in [0.1, 0.15) is 13.5 Å². The number of hydrogen-bond acceptors (Lipinski definition) is 7. The fourth-order valence-corrected chi connectivity index (χ4v) is 3.98. The minimum Gasteiger partial charge on any atom is -0.350 e. The second kappa shape index (κ2) is 5.99. The molecule has 0 aromatic rings. The molecule has 0 aromatic carbocycles. The molecule has 0 amide bonds. The van der Waals surface area contributed by atoms with Gasteiger partial charge in [-0.25, -0.2) is 21.6 Å². The number of sulfonamides is 2. The molecule has 3 rings (SSSR count). The number of hydrogen-bond donors (Lipinski definition) is 2. The van der Waals surface area contributed by atoms with E-state index in [4.69, 9.17) is 4.74 Å². The molecule has 0 aromatic heterocycles. The lowest BCUT2D eigenvalue weighted by molar-refractivity contribution is -0.0807. The summed E-state index contributed by atoms with van der Waals surface area (Å²) < 4.78 is 52.1. The lowest BCUT2D eigenvalue weighted by Gasteiger charge is -2.38. The van der Waals surface area contributed by atoms with Gasteiger partial charge in [-0.3, -0.25) is 4.90 Å². The molecule has 19 heavy (non-hydrogen) atoms. The van der Waals surface area contributed by atoms with Gasteiger partial charge in [-0.15, -0.1) is 0 Å². The van der Waals surface area contributed by atoms with E-state index in [0.29, 0.717) is 33.2 Å². The van der Waals surface area contributed by atoms with Crippen molar-refractivity contribution in [1.82, 2.24) is 19.2 Å². The Bertz CT molecular complexity index is 493. The van der Waals surface area contributed by atoms with Gasteiger partial charge in [0, 0.05) is 13.1 Å². The van der Waals surface area contributed by atoms with Gasteiger partial charge in [0.2, 0.25) is 20.0 Å². The topological polar surface area (TPSA) is 108 Å². The standard InChI is InChI=1S/C5H10N2O3S.C3H8N2O2S/c8-11(9)2-1-6-3-7(11)5-10-4-6;6-8(7)2-1-4-3-5-8/h1-5H2;4-5H,1-3H2. The summed E-state index contributed by atoms with van der Waals surface area (Å²) in [6, 6.07) is 0. The molecular weight excluding hydrogens is 296 g/mol. The number of nitrogens with zero attached hydrogens (tertiary/aromatic N) is 2. The van der Waals surface area contributed by atoms with Crippen molar-refractivity contribution < 1.29 is 21.6 Å². The van der Waals surface area contributed by atoms with Crippen LogP contribution in [0.2, 0.25) is 0 Å². The minimum atomic E-state index is -2.99. The zero-order chi connectivity index (χ0) is 13.9. The van der Waals surface area contributed by atoms with Crippen LogP contribution in [0.25, 0.3) is 0 Å². The van der Waals surface area contributed by atoms with Gasteiger partial charge in [-0.2, -0.15) is 4.31 Å². The number of nitrogens with one attached hydrogen (secondary N) is 2. The fourth-order valence-electron chi connectivity index (χ4n) is 1.78.